The molecule has 0 saturated carbocycles. The van der Waals surface area contributed by atoms with Crippen LogP contribution in [0, 0.1) is 11.7 Å². The number of benzene rings is 2. The molecule has 1 aliphatic heterocycles. The maximum absolute atomic E-state index is 13.4. The number of halogens is 1. The smallest absolute Gasteiger partial charge is 0.279 e. The fraction of sp³-hybridized carbons (Fsp3) is 0.333. The summed E-state index contributed by atoms with van der Waals surface area (Å²) in [5, 5.41) is 6.02. The number of aromatic nitrogens is 2. The van der Waals surface area contributed by atoms with Crippen LogP contribution in [0.2, 0.25) is 0 Å². The number of hydrogen-bond donors (Lipinski definition) is 2. The fourth-order valence-electron chi connectivity index (χ4n) is 4.01. The van der Waals surface area contributed by atoms with Gasteiger partial charge >= 0.3 is 0 Å². The van der Waals surface area contributed by atoms with Crippen molar-refractivity contribution in [3.05, 3.63) is 64.7 Å². The SMILES string of the molecule is O=c1c2ccccc2c(N2CCC[C@@H](CCNS(=O)O)C2)nn1-c1ccc(F)cc1. The van der Waals surface area contributed by atoms with Crippen LogP contribution in [-0.4, -0.2) is 38.2 Å². The molecule has 2 N–H and O–H groups in total. The first-order valence-corrected chi connectivity index (χ1v) is 11.0. The van der Waals surface area contributed by atoms with Crippen LogP contribution in [0.3, 0.4) is 0 Å². The van der Waals surface area contributed by atoms with Gasteiger partial charge in [0.1, 0.15) is 5.82 Å². The summed E-state index contributed by atoms with van der Waals surface area (Å²) >= 11 is -2.00. The Morgan fingerprint density at radius 2 is 1.90 bits per heavy atom. The van der Waals surface area contributed by atoms with E-state index < -0.39 is 11.3 Å². The normalized spacial score (nSPS) is 17.9. The summed E-state index contributed by atoms with van der Waals surface area (Å²) in [6.45, 7) is 2.03. The predicted molar refractivity (Wildman–Crippen MR) is 116 cm³/mol. The highest BCUT2D eigenvalue weighted by molar-refractivity contribution is 7.77. The maximum atomic E-state index is 13.4. The van der Waals surface area contributed by atoms with Gasteiger partial charge in [0, 0.05) is 25.0 Å². The molecule has 3 aromatic rings. The molecule has 0 radical (unpaired) electrons. The average Bonchev–Trinajstić information content (AvgIpc) is 2.75. The van der Waals surface area contributed by atoms with Crippen molar-refractivity contribution in [2.24, 2.45) is 5.92 Å². The first-order chi connectivity index (χ1) is 14.5. The molecule has 30 heavy (non-hydrogen) atoms. The molecular weight excluding hydrogens is 407 g/mol. The summed E-state index contributed by atoms with van der Waals surface area (Å²) in [6.07, 6.45) is 2.78. The van der Waals surface area contributed by atoms with Crippen LogP contribution >= 0.6 is 0 Å². The van der Waals surface area contributed by atoms with E-state index >= 15 is 0 Å². The number of rotatable bonds is 6. The van der Waals surface area contributed by atoms with E-state index in [2.05, 4.69) is 14.7 Å². The van der Waals surface area contributed by atoms with Crippen LogP contribution in [0.1, 0.15) is 19.3 Å². The van der Waals surface area contributed by atoms with Gasteiger partial charge in [-0.25, -0.2) is 13.3 Å². The van der Waals surface area contributed by atoms with Gasteiger partial charge in [-0.1, -0.05) is 18.2 Å². The summed E-state index contributed by atoms with van der Waals surface area (Å²) in [6, 6.07) is 13.1. The lowest BCUT2D eigenvalue weighted by Gasteiger charge is -2.34. The van der Waals surface area contributed by atoms with Crippen molar-refractivity contribution in [3.8, 4) is 5.69 Å². The predicted octanol–water partition coefficient (Wildman–Crippen LogP) is 2.86. The molecule has 9 heteroatoms. The first kappa shape index (κ1) is 20.6. The molecule has 1 saturated heterocycles. The summed E-state index contributed by atoms with van der Waals surface area (Å²) in [7, 11) is 0. The van der Waals surface area contributed by atoms with Gasteiger partial charge in [0.15, 0.2) is 5.82 Å². The van der Waals surface area contributed by atoms with Crippen LogP contribution in [0.5, 0.6) is 0 Å². The zero-order chi connectivity index (χ0) is 21.1. The van der Waals surface area contributed by atoms with E-state index in [-0.39, 0.29) is 11.4 Å². The van der Waals surface area contributed by atoms with Crippen molar-refractivity contribution < 1.29 is 13.2 Å². The van der Waals surface area contributed by atoms with Crippen LogP contribution in [-0.2, 0) is 11.3 Å². The van der Waals surface area contributed by atoms with Gasteiger partial charge in [0.2, 0.25) is 11.3 Å². The van der Waals surface area contributed by atoms with E-state index in [1.54, 1.807) is 18.2 Å². The minimum Gasteiger partial charge on any atom is -0.354 e. The third-order valence-corrected chi connectivity index (χ3v) is 5.90. The second-order valence-electron chi connectivity index (χ2n) is 7.45. The van der Waals surface area contributed by atoms with Gasteiger partial charge in [-0.3, -0.25) is 9.35 Å². The van der Waals surface area contributed by atoms with Crippen molar-refractivity contribution in [3.63, 3.8) is 0 Å². The van der Waals surface area contributed by atoms with Gasteiger partial charge in [-0.05, 0) is 55.5 Å². The Bertz CT molecular complexity index is 1120. The maximum Gasteiger partial charge on any atom is 0.279 e. The Labute approximate surface area is 175 Å². The van der Waals surface area contributed by atoms with Gasteiger partial charge < -0.3 is 4.90 Å². The Balaban J connectivity index is 1.71. The summed E-state index contributed by atoms with van der Waals surface area (Å²) in [5.74, 6) is 0.698. The standard InChI is InChI=1S/C21H23FN4O3S/c22-16-7-9-17(10-8-16)26-21(27)19-6-2-1-5-18(19)20(24-26)25-13-3-4-15(14-25)11-12-23-30(28)29/h1-2,5-10,15,23H,3-4,11-14H2,(H,28,29)/t15-/m0/s1. The quantitative estimate of drug-likeness (QED) is 0.587. The number of nitrogens with one attached hydrogen (secondary N) is 1. The van der Waals surface area contributed by atoms with Crippen molar-refractivity contribution in [1.29, 1.82) is 0 Å². The lowest BCUT2D eigenvalue weighted by atomic mass is 9.94. The van der Waals surface area contributed by atoms with Gasteiger partial charge in [0.05, 0.1) is 11.1 Å². The molecule has 1 fully saturated rings. The van der Waals surface area contributed by atoms with E-state index in [1.807, 2.05) is 18.2 Å². The lowest BCUT2D eigenvalue weighted by molar-refractivity contribution is 0.388. The summed E-state index contributed by atoms with van der Waals surface area (Å²) < 4.78 is 37.0. The molecule has 2 aromatic carbocycles. The molecule has 2 heterocycles. The first-order valence-electron chi connectivity index (χ1n) is 9.90. The summed E-state index contributed by atoms with van der Waals surface area (Å²) in [4.78, 5) is 15.2. The molecule has 1 unspecified atom stereocenters. The molecule has 0 spiro atoms. The number of anilines is 1. The van der Waals surface area contributed by atoms with Crippen molar-refractivity contribution >= 4 is 27.9 Å². The lowest BCUT2D eigenvalue weighted by Crippen LogP contribution is -2.38. The zero-order valence-corrected chi connectivity index (χ0v) is 17.1. The third-order valence-electron chi connectivity index (χ3n) is 5.45. The number of piperidine rings is 1. The topological polar surface area (TPSA) is 87.5 Å². The van der Waals surface area contributed by atoms with Gasteiger partial charge in [-0.15, -0.1) is 5.10 Å². The molecule has 1 aliphatic rings. The molecule has 4 rings (SSSR count). The van der Waals surface area contributed by atoms with E-state index in [0.717, 1.165) is 43.6 Å². The fourth-order valence-corrected chi connectivity index (χ4v) is 4.30. The second-order valence-corrected chi connectivity index (χ2v) is 8.24. The molecule has 0 bridgehead atoms. The van der Waals surface area contributed by atoms with Crippen molar-refractivity contribution in [1.82, 2.24) is 14.5 Å². The number of nitrogens with zero attached hydrogens (tertiary/aromatic N) is 3. The van der Waals surface area contributed by atoms with Gasteiger partial charge in [0.25, 0.3) is 5.56 Å². The third kappa shape index (κ3) is 4.43. The largest absolute Gasteiger partial charge is 0.354 e. The Hall–Kier alpha value is -2.62. The minimum atomic E-state index is -2.00. The molecule has 2 atom stereocenters. The van der Waals surface area contributed by atoms with E-state index in [9.17, 15) is 13.4 Å². The van der Waals surface area contributed by atoms with Crippen LogP contribution in [0.4, 0.5) is 10.2 Å². The van der Waals surface area contributed by atoms with Crippen LogP contribution in [0.25, 0.3) is 16.5 Å². The molecular formula is C21H23FN4O3S. The summed E-state index contributed by atoms with van der Waals surface area (Å²) in [5.41, 5.74) is 0.265. The minimum absolute atomic E-state index is 0.246. The average molecular weight is 431 g/mol. The molecule has 7 nitrogen and oxygen atoms in total. The monoisotopic (exact) mass is 430 g/mol. The van der Waals surface area contributed by atoms with E-state index in [0.29, 0.717) is 23.5 Å². The Morgan fingerprint density at radius 3 is 2.63 bits per heavy atom. The molecule has 0 aliphatic carbocycles. The molecule has 158 valence electrons. The molecule has 1 aromatic heterocycles. The Kier molecular flexibility index (Phi) is 6.21. The van der Waals surface area contributed by atoms with Crippen LogP contribution in [0.15, 0.2) is 53.3 Å². The van der Waals surface area contributed by atoms with Crippen LogP contribution < -0.4 is 15.2 Å². The van der Waals surface area contributed by atoms with Gasteiger partial charge in [-0.2, -0.15) is 4.68 Å². The molecule has 0 amide bonds. The number of fused-ring (bicyclic) bond motifs is 1. The highest BCUT2D eigenvalue weighted by Gasteiger charge is 2.24. The van der Waals surface area contributed by atoms with E-state index in [4.69, 9.17) is 4.55 Å². The van der Waals surface area contributed by atoms with Crippen molar-refractivity contribution in [2.45, 2.75) is 19.3 Å². The Morgan fingerprint density at radius 1 is 1.17 bits per heavy atom. The van der Waals surface area contributed by atoms with E-state index in [1.165, 1.54) is 16.8 Å². The zero-order valence-electron chi connectivity index (χ0n) is 16.3. The highest BCUT2D eigenvalue weighted by Crippen LogP contribution is 2.28. The highest BCUT2D eigenvalue weighted by atomic mass is 32.2. The number of hydrogen-bond acceptors (Lipinski definition) is 4. The second kappa shape index (κ2) is 9.03. The van der Waals surface area contributed by atoms with Crippen molar-refractivity contribution in [2.75, 3.05) is 24.5 Å².